The fourth-order valence-electron chi connectivity index (χ4n) is 3.73. The molecule has 4 rings (SSSR count). The Labute approximate surface area is 180 Å². The molecule has 1 aliphatic heterocycles. The van der Waals surface area contributed by atoms with Gasteiger partial charge in [-0.05, 0) is 54.1 Å². The maximum atomic E-state index is 12.5. The number of anilines is 2. The number of hydrogen-bond donors (Lipinski definition) is 2. The number of nitrogens with one attached hydrogen (secondary N) is 2. The van der Waals surface area contributed by atoms with Crippen LogP contribution in [0.25, 0.3) is 0 Å². The lowest BCUT2D eigenvalue weighted by molar-refractivity contribution is -0.116. The minimum absolute atomic E-state index is 0.110. The highest BCUT2D eigenvalue weighted by molar-refractivity contribution is 7.10. The second-order valence-electron chi connectivity index (χ2n) is 7.43. The van der Waals surface area contributed by atoms with Crippen molar-refractivity contribution >= 4 is 34.5 Å². The zero-order valence-electron chi connectivity index (χ0n) is 17.0. The van der Waals surface area contributed by atoms with Crippen LogP contribution >= 0.6 is 11.3 Å². The van der Waals surface area contributed by atoms with Gasteiger partial charge < -0.3 is 15.5 Å². The zero-order chi connectivity index (χ0) is 20.9. The summed E-state index contributed by atoms with van der Waals surface area (Å²) in [5.74, 6) is -0.262. The molecule has 0 unspecified atom stereocenters. The second-order valence-corrected chi connectivity index (χ2v) is 8.43. The van der Waals surface area contributed by atoms with Crippen molar-refractivity contribution in [3.05, 3.63) is 81.5 Å². The molecule has 0 atom stereocenters. The van der Waals surface area contributed by atoms with Gasteiger partial charge >= 0.3 is 0 Å². The lowest BCUT2D eigenvalue weighted by Crippen LogP contribution is -2.31. The molecule has 0 aliphatic carbocycles. The number of rotatable bonds is 6. The third-order valence-corrected chi connectivity index (χ3v) is 6.38. The number of benzene rings is 2. The van der Waals surface area contributed by atoms with E-state index in [-0.39, 0.29) is 18.2 Å². The molecule has 0 spiro atoms. The predicted octanol–water partition coefficient (Wildman–Crippen LogP) is 4.38. The van der Waals surface area contributed by atoms with E-state index in [2.05, 4.69) is 27.0 Å². The van der Waals surface area contributed by atoms with Crippen LogP contribution in [0, 0.1) is 6.92 Å². The maximum absolute atomic E-state index is 12.5. The lowest BCUT2D eigenvalue weighted by atomic mass is 10.1. The Hall–Kier alpha value is -3.12. The molecule has 154 valence electrons. The smallest absolute Gasteiger partial charge is 0.251 e. The van der Waals surface area contributed by atoms with Crippen molar-refractivity contribution in [1.29, 1.82) is 0 Å². The molecule has 2 aromatic carbocycles. The van der Waals surface area contributed by atoms with Gasteiger partial charge in [0.05, 0.1) is 11.4 Å². The molecule has 6 heteroatoms. The van der Waals surface area contributed by atoms with E-state index in [9.17, 15) is 9.59 Å². The van der Waals surface area contributed by atoms with Crippen LogP contribution in [-0.2, 0) is 17.8 Å². The highest BCUT2D eigenvalue weighted by Gasteiger charge is 2.20. The van der Waals surface area contributed by atoms with Gasteiger partial charge in [-0.1, -0.05) is 30.3 Å². The Balaban J connectivity index is 1.34. The standard InChI is InChI=1S/C24H25N3O2S/c1-17-6-2-3-7-19(17)24(29)25-13-10-23(28)26-20-8-4-5-9-21(20)27-14-11-22-18(16-27)12-15-30-22/h2-9,12,15H,10-11,13-14,16H2,1H3,(H,25,29)(H,26,28). The van der Waals surface area contributed by atoms with Gasteiger partial charge in [0, 0.05) is 36.5 Å². The largest absolute Gasteiger partial charge is 0.365 e. The molecule has 2 amide bonds. The number of nitrogens with zero attached hydrogens (tertiary/aromatic N) is 1. The van der Waals surface area contributed by atoms with Crippen LogP contribution in [-0.4, -0.2) is 24.9 Å². The minimum atomic E-state index is -0.152. The van der Waals surface area contributed by atoms with Crippen LogP contribution in [0.5, 0.6) is 0 Å². The third-order valence-electron chi connectivity index (χ3n) is 5.35. The van der Waals surface area contributed by atoms with Crippen molar-refractivity contribution in [3.63, 3.8) is 0 Å². The number of aryl methyl sites for hydroxylation is 1. The average Bonchev–Trinajstić information content (AvgIpc) is 3.22. The van der Waals surface area contributed by atoms with E-state index in [0.717, 1.165) is 36.4 Å². The first-order valence-electron chi connectivity index (χ1n) is 10.1. The summed E-state index contributed by atoms with van der Waals surface area (Å²) in [6.07, 6.45) is 1.25. The third kappa shape index (κ3) is 4.54. The van der Waals surface area contributed by atoms with Crippen LogP contribution in [0.2, 0.25) is 0 Å². The molecule has 0 radical (unpaired) electrons. The molecule has 30 heavy (non-hydrogen) atoms. The van der Waals surface area contributed by atoms with Crippen LogP contribution in [0.4, 0.5) is 11.4 Å². The van der Waals surface area contributed by atoms with Gasteiger partial charge in [-0.2, -0.15) is 0 Å². The Morgan fingerprint density at radius 2 is 1.87 bits per heavy atom. The number of hydrogen-bond acceptors (Lipinski definition) is 4. The first kappa shape index (κ1) is 20.2. The van der Waals surface area contributed by atoms with Crippen molar-refractivity contribution in [2.75, 3.05) is 23.3 Å². The molecule has 5 nitrogen and oxygen atoms in total. The first-order chi connectivity index (χ1) is 14.6. The second kappa shape index (κ2) is 9.13. The summed E-state index contributed by atoms with van der Waals surface area (Å²) in [7, 11) is 0. The topological polar surface area (TPSA) is 61.4 Å². The van der Waals surface area contributed by atoms with Gasteiger partial charge in [0.15, 0.2) is 0 Å². The Morgan fingerprint density at radius 3 is 2.73 bits per heavy atom. The fraction of sp³-hybridized carbons (Fsp3) is 0.250. The summed E-state index contributed by atoms with van der Waals surface area (Å²) in [5, 5.41) is 8.00. The summed E-state index contributed by atoms with van der Waals surface area (Å²) in [5.41, 5.74) is 4.77. The Kier molecular flexibility index (Phi) is 6.14. The normalized spacial score (nSPS) is 12.9. The quantitative estimate of drug-likeness (QED) is 0.623. The van der Waals surface area contributed by atoms with Gasteiger partial charge in [0.25, 0.3) is 5.91 Å². The van der Waals surface area contributed by atoms with Gasteiger partial charge in [-0.25, -0.2) is 0 Å². The van der Waals surface area contributed by atoms with Crippen LogP contribution in [0.15, 0.2) is 60.0 Å². The number of carbonyl (C=O) groups is 2. The summed E-state index contributed by atoms with van der Waals surface area (Å²) in [6, 6.07) is 17.5. The van der Waals surface area contributed by atoms with E-state index in [1.54, 1.807) is 6.07 Å². The minimum Gasteiger partial charge on any atom is -0.365 e. The Bertz CT molecular complexity index is 1060. The summed E-state index contributed by atoms with van der Waals surface area (Å²) < 4.78 is 0. The van der Waals surface area contributed by atoms with Gasteiger partial charge in [-0.3, -0.25) is 9.59 Å². The fourth-order valence-corrected chi connectivity index (χ4v) is 4.62. The Morgan fingerprint density at radius 1 is 1.07 bits per heavy atom. The van der Waals surface area contributed by atoms with Crippen molar-refractivity contribution in [1.82, 2.24) is 5.32 Å². The van der Waals surface area contributed by atoms with Crippen molar-refractivity contribution < 1.29 is 9.59 Å². The number of thiophene rings is 1. The molecular formula is C24H25N3O2S. The summed E-state index contributed by atoms with van der Waals surface area (Å²) >= 11 is 1.82. The highest BCUT2D eigenvalue weighted by Crippen LogP contribution is 2.32. The van der Waals surface area contributed by atoms with E-state index in [1.807, 2.05) is 60.7 Å². The molecule has 1 aromatic heterocycles. The molecule has 3 aromatic rings. The molecule has 2 heterocycles. The highest BCUT2D eigenvalue weighted by atomic mass is 32.1. The molecule has 0 saturated carbocycles. The monoisotopic (exact) mass is 419 g/mol. The molecule has 0 saturated heterocycles. The maximum Gasteiger partial charge on any atom is 0.251 e. The SMILES string of the molecule is Cc1ccccc1C(=O)NCCC(=O)Nc1ccccc1N1CCc2sccc2C1. The zero-order valence-corrected chi connectivity index (χ0v) is 17.8. The molecular weight excluding hydrogens is 394 g/mol. The van der Waals surface area contributed by atoms with E-state index in [0.29, 0.717) is 12.1 Å². The van der Waals surface area contributed by atoms with E-state index >= 15 is 0 Å². The van der Waals surface area contributed by atoms with E-state index < -0.39 is 0 Å². The lowest BCUT2D eigenvalue weighted by Gasteiger charge is -2.30. The number of carbonyl (C=O) groups excluding carboxylic acids is 2. The van der Waals surface area contributed by atoms with Gasteiger partial charge in [-0.15, -0.1) is 11.3 Å². The van der Waals surface area contributed by atoms with Crippen molar-refractivity contribution in [3.8, 4) is 0 Å². The average molecular weight is 420 g/mol. The number of para-hydroxylation sites is 2. The van der Waals surface area contributed by atoms with Crippen molar-refractivity contribution in [2.24, 2.45) is 0 Å². The van der Waals surface area contributed by atoms with Crippen LogP contribution in [0.3, 0.4) is 0 Å². The first-order valence-corrected chi connectivity index (χ1v) is 11.0. The summed E-state index contributed by atoms with van der Waals surface area (Å²) in [4.78, 5) is 28.6. The van der Waals surface area contributed by atoms with Crippen molar-refractivity contribution in [2.45, 2.75) is 26.3 Å². The molecule has 2 N–H and O–H groups in total. The van der Waals surface area contributed by atoms with Gasteiger partial charge in [0.2, 0.25) is 5.91 Å². The molecule has 0 bridgehead atoms. The summed E-state index contributed by atoms with van der Waals surface area (Å²) in [6.45, 7) is 3.99. The van der Waals surface area contributed by atoms with E-state index in [1.165, 1.54) is 10.4 Å². The van der Waals surface area contributed by atoms with Crippen LogP contribution < -0.4 is 15.5 Å². The molecule has 0 fully saturated rings. The van der Waals surface area contributed by atoms with E-state index in [4.69, 9.17) is 0 Å². The van der Waals surface area contributed by atoms with Crippen LogP contribution in [0.1, 0.15) is 32.8 Å². The number of amides is 2. The molecule has 1 aliphatic rings. The van der Waals surface area contributed by atoms with Gasteiger partial charge in [0.1, 0.15) is 0 Å². The predicted molar refractivity (Wildman–Crippen MR) is 122 cm³/mol. The number of fused-ring (bicyclic) bond motifs is 1.